The van der Waals surface area contributed by atoms with Crippen LogP contribution in [0.25, 0.3) is 5.65 Å². The highest BCUT2D eigenvalue weighted by Gasteiger charge is 2.23. The Bertz CT molecular complexity index is 1140. The number of aromatic amines is 1. The summed E-state index contributed by atoms with van der Waals surface area (Å²) in [5.41, 5.74) is 1.65. The molecule has 4 rings (SSSR count). The zero-order chi connectivity index (χ0) is 20.4. The van der Waals surface area contributed by atoms with Crippen LogP contribution < -0.4 is 16.3 Å². The van der Waals surface area contributed by atoms with E-state index < -0.39 is 5.69 Å². The first kappa shape index (κ1) is 18.5. The molecule has 0 aliphatic carbocycles. The Labute approximate surface area is 166 Å². The van der Waals surface area contributed by atoms with Gasteiger partial charge in [0.25, 0.3) is 11.8 Å². The number of benzene rings is 1. The number of nitrogens with zero attached hydrogens (tertiary/aromatic N) is 3. The van der Waals surface area contributed by atoms with Crippen LogP contribution in [0.2, 0.25) is 0 Å². The predicted molar refractivity (Wildman–Crippen MR) is 108 cm³/mol. The molecule has 148 valence electrons. The molecular weight excluding hydrogens is 372 g/mol. The quantitative estimate of drug-likeness (QED) is 0.571. The summed E-state index contributed by atoms with van der Waals surface area (Å²) in [6.07, 6.45) is 5.26. The fraction of sp³-hybridized carbons (Fsp3) is 0.200. The number of amides is 2. The van der Waals surface area contributed by atoms with Gasteiger partial charge in [0.1, 0.15) is 0 Å². The first-order valence-electron chi connectivity index (χ1n) is 9.17. The lowest BCUT2D eigenvalue weighted by Crippen LogP contribution is -2.47. The lowest BCUT2D eigenvalue weighted by atomic mass is 10.1. The summed E-state index contributed by atoms with van der Waals surface area (Å²) in [4.78, 5) is 38.9. The predicted octanol–water partition coefficient (Wildman–Crippen LogP) is 0.875. The second kappa shape index (κ2) is 7.63. The van der Waals surface area contributed by atoms with Gasteiger partial charge in [-0.2, -0.15) is 5.10 Å². The first-order valence-corrected chi connectivity index (χ1v) is 9.17. The van der Waals surface area contributed by atoms with Crippen LogP contribution in [0.5, 0.6) is 0 Å². The summed E-state index contributed by atoms with van der Waals surface area (Å²) < 4.78 is 1.27. The zero-order valence-electron chi connectivity index (χ0n) is 15.8. The number of rotatable bonds is 4. The third-order valence-corrected chi connectivity index (χ3v) is 4.82. The number of anilines is 1. The molecule has 3 N–H and O–H groups in total. The molecule has 3 aromatic rings. The van der Waals surface area contributed by atoms with Crippen molar-refractivity contribution in [2.75, 3.05) is 25.5 Å². The van der Waals surface area contributed by atoms with E-state index >= 15 is 0 Å². The molecule has 9 nitrogen and oxygen atoms in total. The molecule has 0 fully saturated rings. The van der Waals surface area contributed by atoms with Crippen LogP contribution in [0.4, 0.5) is 5.69 Å². The van der Waals surface area contributed by atoms with E-state index in [1.165, 1.54) is 10.6 Å². The minimum atomic E-state index is -0.409. The van der Waals surface area contributed by atoms with Crippen LogP contribution in [-0.4, -0.2) is 57.5 Å². The second-order valence-corrected chi connectivity index (χ2v) is 6.69. The van der Waals surface area contributed by atoms with Crippen LogP contribution >= 0.6 is 0 Å². The number of nitrogens with one attached hydrogen (secondary N) is 3. The van der Waals surface area contributed by atoms with Crippen molar-refractivity contribution in [2.24, 2.45) is 0 Å². The molecule has 1 aromatic carbocycles. The van der Waals surface area contributed by atoms with Crippen molar-refractivity contribution in [2.45, 2.75) is 6.04 Å². The van der Waals surface area contributed by atoms with Gasteiger partial charge in [-0.3, -0.25) is 9.59 Å². The molecule has 1 aliphatic rings. The molecule has 0 bridgehead atoms. The smallest absolute Gasteiger partial charge is 0.347 e. The van der Waals surface area contributed by atoms with E-state index in [0.717, 1.165) is 5.69 Å². The molecule has 0 saturated heterocycles. The minimum absolute atomic E-state index is 0.0998. The Hall–Kier alpha value is -3.88. The molecule has 1 aliphatic heterocycles. The van der Waals surface area contributed by atoms with Crippen LogP contribution in [0.1, 0.15) is 20.7 Å². The molecule has 0 spiro atoms. The van der Waals surface area contributed by atoms with Crippen LogP contribution in [0, 0.1) is 0 Å². The van der Waals surface area contributed by atoms with Crippen molar-refractivity contribution in [3.63, 3.8) is 0 Å². The van der Waals surface area contributed by atoms with Crippen LogP contribution in [-0.2, 0) is 0 Å². The minimum Gasteiger partial charge on any atom is -0.388 e. The van der Waals surface area contributed by atoms with Crippen molar-refractivity contribution in [3.8, 4) is 0 Å². The second-order valence-electron chi connectivity index (χ2n) is 6.69. The van der Waals surface area contributed by atoms with E-state index in [0.29, 0.717) is 18.7 Å². The van der Waals surface area contributed by atoms with E-state index in [9.17, 15) is 14.4 Å². The highest BCUT2D eigenvalue weighted by molar-refractivity contribution is 6.00. The van der Waals surface area contributed by atoms with Gasteiger partial charge in [0, 0.05) is 37.6 Å². The molecular formula is C20H20N6O3. The van der Waals surface area contributed by atoms with Crippen molar-refractivity contribution >= 4 is 23.1 Å². The molecule has 29 heavy (non-hydrogen) atoms. The Morgan fingerprint density at radius 3 is 2.76 bits per heavy atom. The number of aromatic nitrogens is 3. The van der Waals surface area contributed by atoms with E-state index in [1.807, 2.05) is 31.3 Å². The van der Waals surface area contributed by atoms with Crippen molar-refractivity contribution in [3.05, 3.63) is 76.4 Å². The van der Waals surface area contributed by atoms with Gasteiger partial charge in [0.05, 0.1) is 11.6 Å². The molecule has 9 heteroatoms. The molecule has 0 radical (unpaired) electrons. The van der Waals surface area contributed by atoms with Gasteiger partial charge in [-0.15, -0.1) is 0 Å². The number of hydrogen-bond acceptors (Lipinski definition) is 5. The molecule has 1 unspecified atom stereocenters. The fourth-order valence-electron chi connectivity index (χ4n) is 3.30. The molecule has 2 aromatic heterocycles. The van der Waals surface area contributed by atoms with Gasteiger partial charge >= 0.3 is 5.69 Å². The summed E-state index contributed by atoms with van der Waals surface area (Å²) >= 11 is 0. The molecule has 3 heterocycles. The Morgan fingerprint density at radius 1 is 1.21 bits per heavy atom. The SMILES string of the molecule is CNc1ccc(C(=O)N2CC=CC(NC(=O)c3cccn4c(=O)[nH]nc34)C2)cc1. The summed E-state index contributed by atoms with van der Waals surface area (Å²) in [5.74, 6) is -0.464. The third kappa shape index (κ3) is 3.62. The Balaban J connectivity index is 1.47. The molecule has 1 atom stereocenters. The maximum atomic E-state index is 12.8. The van der Waals surface area contributed by atoms with Gasteiger partial charge in [-0.05, 0) is 36.4 Å². The van der Waals surface area contributed by atoms with Crippen molar-refractivity contribution in [1.82, 2.24) is 24.8 Å². The number of carbonyl (C=O) groups is 2. The van der Waals surface area contributed by atoms with Crippen LogP contribution in [0.3, 0.4) is 0 Å². The first-order chi connectivity index (χ1) is 14.1. The maximum absolute atomic E-state index is 12.8. The molecule has 2 amide bonds. The highest BCUT2D eigenvalue weighted by Crippen LogP contribution is 2.14. The van der Waals surface area contributed by atoms with Gasteiger partial charge in [-0.1, -0.05) is 12.2 Å². The van der Waals surface area contributed by atoms with E-state index in [1.54, 1.807) is 29.2 Å². The number of H-pyrrole nitrogens is 1. The standard InChI is InChI=1S/C20H20N6O3/c1-21-14-8-6-13(7-9-14)19(28)25-10-2-4-15(12-25)22-18(27)16-5-3-11-26-17(16)23-24-20(26)29/h2-9,11,15,21H,10,12H2,1H3,(H,22,27)(H,24,29). The number of pyridine rings is 1. The number of carbonyl (C=O) groups excluding carboxylic acids is 2. The largest absolute Gasteiger partial charge is 0.388 e. The summed E-state index contributed by atoms with van der Waals surface area (Å²) in [5, 5.41) is 12.1. The third-order valence-electron chi connectivity index (χ3n) is 4.82. The van der Waals surface area contributed by atoms with E-state index in [4.69, 9.17) is 0 Å². The number of fused-ring (bicyclic) bond motifs is 1. The van der Waals surface area contributed by atoms with Gasteiger partial charge < -0.3 is 15.5 Å². The lowest BCUT2D eigenvalue weighted by molar-refractivity contribution is 0.0745. The Morgan fingerprint density at radius 2 is 2.00 bits per heavy atom. The van der Waals surface area contributed by atoms with E-state index in [2.05, 4.69) is 20.8 Å². The van der Waals surface area contributed by atoms with Gasteiger partial charge in [0.2, 0.25) is 0 Å². The van der Waals surface area contributed by atoms with Crippen LogP contribution in [0.15, 0.2) is 59.5 Å². The average molecular weight is 392 g/mol. The Kier molecular flexibility index (Phi) is 4.86. The highest BCUT2D eigenvalue weighted by atomic mass is 16.2. The monoisotopic (exact) mass is 392 g/mol. The fourth-order valence-corrected chi connectivity index (χ4v) is 3.30. The summed E-state index contributed by atoms with van der Waals surface area (Å²) in [6, 6.07) is 10.1. The topological polar surface area (TPSA) is 112 Å². The maximum Gasteiger partial charge on any atom is 0.347 e. The zero-order valence-corrected chi connectivity index (χ0v) is 15.8. The van der Waals surface area contributed by atoms with Gasteiger partial charge in [0.15, 0.2) is 5.65 Å². The normalized spacial score (nSPS) is 16.0. The summed E-state index contributed by atoms with van der Waals surface area (Å²) in [6.45, 7) is 0.828. The number of hydrogen-bond donors (Lipinski definition) is 3. The van der Waals surface area contributed by atoms with Crippen molar-refractivity contribution in [1.29, 1.82) is 0 Å². The summed E-state index contributed by atoms with van der Waals surface area (Å²) in [7, 11) is 1.82. The van der Waals surface area contributed by atoms with Gasteiger partial charge in [-0.25, -0.2) is 14.3 Å². The average Bonchev–Trinajstić information content (AvgIpc) is 3.14. The van der Waals surface area contributed by atoms with E-state index in [-0.39, 0.29) is 29.1 Å². The lowest BCUT2D eigenvalue weighted by Gasteiger charge is -2.29. The molecule has 0 saturated carbocycles. The van der Waals surface area contributed by atoms with Crippen molar-refractivity contribution < 1.29 is 9.59 Å².